The number of amides is 1. The summed E-state index contributed by atoms with van der Waals surface area (Å²) in [7, 11) is 0. The second kappa shape index (κ2) is 13.2. The third kappa shape index (κ3) is 8.55. The van der Waals surface area contributed by atoms with E-state index >= 15 is 0 Å². The third-order valence-electron chi connectivity index (χ3n) is 5.98. The molecule has 2 aromatic carbocycles. The van der Waals surface area contributed by atoms with Crippen molar-refractivity contribution in [1.82, 2.24) is 10.1 Å². The molecule has 0 aliphatic heterocycles. The molecule has 37 heavy (non-hydrogen) atoms. The molecule has 0 aliphatic carbocycles. The van der Waals surface area contributed by atoms with Gasteiger partial charge in [-0.2, -0.15) is 4.98 Å². The van der Waals surface area contributed by atoms with Crippen molar-refractivity contribution in [3.05, 3.63) is 72.7 Å². The summed E-state index contributed by atoms with van der Waals surface area (Å²) in [5.41, 5.74) is 2.68. The van der Waals surface area contributed by atoms with E-state index in [2.05, 4.69) is 37.5 Å². The van der Waals surface area contributed by atoms with Gasteiger partial charge in [-0.25, -0.2) is 4.39 Å². The van der Waals surface area contributed by atoms with Crippen molar-refractivity contribution in [2.24, 2.45) is 0 Å². The van der Waals surface area contributed by atoms with Crippen LogP contribution in [0.2, 0.25) is 0 Å². The zero-order chi connectivity index (χ0) is 26.8. The summed E-state index contributed by atoms with van der Waals surface area (Å²) in [4.78, 5) is 19.3. The van der Waals surface area contributed by atoms with E-state index in [-0.39, 0.29) is 24.2 Å². The molecule has 0 saturated heterocycles. The predicted octanol–water partition coefficient (Wildman–Crippen LogP) is 7.44. The maximum atomic E-state index is 13.3. The molecule has 0 aliphatic rings. The molecule has 3 rings (SSSR count). The fraction of sp³-hybridized carbons (Fsp3) is 0.433. The van der Waals surface area contributed by atoms with Crippen molar-refractivity contribution in [1.29, 1.82) is 0 Å². The van der Waals surface area contributed by atoms with Gasteiger partial charge in [0.15, 0.2) is 5.82 Å². The summed E-state index contributed by atoms with van der Waals surface area (Å²) in [5, 5.41) is 4.08. The van der Waals surface area contributed by atoms with Crippen molar-refractivity contribution >= 4 is 11.6 Å². The van der Waals surface area contributed by atoms with E-state index in [0.29, 0.717) is 31.3 Å². The number of hydrogen-bond acceptors (Lipinski definition) is 5. The van der Waals surface area contributed by atoms with Gasteiger partial charge in [-0.05, 0) is 55.2 Å². The lowest BCUT2D eigenvalue weighted by Gasteiger charge is -2.24. The number of nitrogens with zero attached hydrogens (tertiary/aromatic N) is 3. The Morgan fingerprint density at radius 1 is 1.05 bits per heavy atom. The minimum absolute atomic E-state index is 0.0290. The van der Waals surface area contributed by atoms with E-state index < -0.39 is 5.83 Å². The maximum absolute atomic E-state index is 13.3. The first-order valence-corrected chi connectivity index (χ1v) is 13.0. The lowest BCUT2D eigenvalue weighted by molar-refractivity contribution is -0.118. The van der Waals surface area contributed by atoms with Crippen LogP contribution in [0, 0.1) is 0 Å². The number of aryl methyl sites for hydroxylation is 1. The minimum atomic E-state index is -0.481. The number of hydrogen-bond donors (Lipinski definition) is 0. The summed E-state index contributed by atoms with van der Waals surface area (Å²) < 4.78 is 24.2. The average Bonchev–Trinajstić information content (AvgIpc) is 3.35. The van der Waals surface area contributed by atoms with Gasteiger partial charge in [-0.3, -0.25) is 4.79 Å². The third-order valence-corrected chi connectivity index (χ3v) is 5.98. The molecular formula is C30H38FN3O3. The Balaban J connectivity index is 1.65. The van der Waals surface area contributed by atoms with Gasteiger partial charge < -0.3 is 14.2 Å². The van der Waals surface area contributed by atoms with E-state index in [1.165, 1.54) is 0 Å². The number of anilines is 1. The summed E-state index contributed by atoms with van der Waals surface area (Å²) >= 11 is 0. The highest BCUT2D eigenvalue weighted by Gasteiger charge is 2.21. The largest absolute Gasteiger partial charge is 0.494 e. The highest BCUT2D eigenvalue weighted by molar-refractivity contribution is 5.94. The van der Waals surface area contributed by atoms with Crippen LogP contribution in [-0.4, -0.2) is 29.2 Å². The molecule has 0 saturated carbocycles. The Labute approximate surface area is 219 Å². The molecule has 0 radical (unpaired) electrons. The molecule has 3 aromatic rings. The van der Waals surface area contributed by atoms with Crippen molar-refractivity contribution in [2.75, 3.05) is 18.1 Å². The van der Waals surface area contributed by atoms with Gasteiger partial charge in [-0.15, -0.1) is 0 Å². The molecule has 0 spiro atoms. The number of allylic oxidation sites excluding steroid dienone is 1. The SMILES string of the molecule is C=C(F)CCC(=O)N(CCCCCc1nc(C(C)(C)C)no1)c1cccc(-c2ccc(OCC)cc2)c1. The molecule has 7 heteroatoms. The van der Waals surface area contributed by atoms with Gasteiger partial charge in [0.2, 0.25) is 11.8 Å². The van der Waals surface area contributed by atoms with Crippen molar-refractivity contribution in [3.63, 3.8) is 0 Å². The number of rotatable bonds is 13. The predicted molar refractivity (Wildman–Crippen MR) is 145 cm³/mol. The second-order valence-electron chi connectivity index (χ2n) is 10.1. The topological polar surface area (TPSA) is 68.5 Å². The van der Waals surface area contributed by atoms with Crippen LogP contribution in [0.3, 0.4) is 0 Å². The van der Waals surface area contributed by atoms with E-state index in [1.54, 1.807) is 4.90 Å². The van der Waals surface area contributed by atoms with E-state index in [4.69, 9.17) is 9.26 Å². The molecule has 0 bridgehead atoms. The van der Waals surface area contributed by atoms with Crippen LogP contribution in [0.25, 0.3) is 11.1 Å². The summed E-state index contributed by atoms with van der Waals surface area (Å²) in [6, 6.07) is 15.8. The Bertz CT molecular complexity index is 1170. The summed E-state index contributed by atoms with van der Waals surface area (Å²) in [5.74, 6) is 1.57. The molecule has 1 aromatic heterocycles. The second-order valence-corrected chi connectivity index (χ2v) is 10.1. The minimum Gasteiger partial charge on any atom is -0.494 e. The maximum Gasteiger partial charge on any atom is 0.227 e. The van der Waals surface area contributed by atoms with Crippen LogP contribution >= 0.6 is 0 Å². The van der Waals surface area contributed by atoms with Crippen molar-refractivity contribution in [3.8, 4) is 16.9 Å². The van der Waals surface area contributed by atoms with E-state index in [1.807, 2.05) is 55.5 Å². The Morgan fingerprint density at radius 3 is 2.46 bits per heavy atom. The quantitative estimate of drug-likeness (QED) is 0.225. The fourth-order valence-electron chi connectivity index (χ4n) is 3.92. The number of carbonyl (C=O) groups is 1. The fourth-order valence-corrected chi connectivity index (χ4v) is 3.92. The lowest BCUT2D eigenvalue weighted by Crippen LogP contribution is -2.31. The molecule has 6 nitrogen and oxygen atoms in total. The molecule has 198 valence electrons. The number of unbranched alkanes of at least 4 members (excludes halogenated alkanes) is 2. The van der Waals surface area contributed by atoms with E-state index in [0.717, 1.165) is 41.8 Å². The summed E-state index contributed by atoms with van der Waals surface area (Å²) in [6.07, 6.45) is 3.38. The molecule has 0 N–H and O–H groups in total. The molecule has 1 amide bonds. The number of carbonyl (C=O) groups excluding carboxylic acids is 1. The average molecular weight is 508 g/mol. The van der Waals surface area contributed by atoms with Gasteiger partial charge in [0, 0.05) is 36.9 Å². The zero-order valence-electron chi connectivity index (χ0n) is 22.4. The van der Waals surface area contributed by atoms with Crippen LogP contribution in [0.1, 0.15) is 71.5 Å². The molecule has 0 unspecified atom stereocenters. The van der Waals surface area contributed by atoms with Gasteiger partial charge in [-0.1, -0.05) is 63.2 Å². The number of aromatic nitrogens is 2. The van der Waals surface area contributed by atoms with Crippen LogP contribution in [0.15, 0.2) is 65.5 Å². The summed E-state index contributed by atoms with van der Waals surface area (Å²) in [6.45, 7) is 12.6. The normalized spacial score (nSPS) is 11.4. The lowest BCUT2D eigenvalue weighted by atomic mass is 9.96. The highest BCUT2D eigenvalue weighted by Crippen LogP contribution is 2.28. The van der Waals surface area contributed by atoms with Gasteiger partial charge in [0.05, 0.1) is 12.4 Å². The van der Waals surface area contributed by atoms with Crippen LogP contribution < -0.4 is 9.64 Å². The molecular weight excluding hydrogens is 469 g/mol. The standard InChI is InChI=1S/C30H38FN3O3/c1-6-36-26-17-15-23(16-18-26)24-11-10-12-25(21-24)34(28(35)19-14-22(2)31)20-9-7-8-13-27-32-29(33-37-27)30(3,4)5/h10-12,15-18,21H,2,6-9,13-14,19-20H2,1,3-5H3. The Kier molecular flexibility index (Phi) is 10.0. The van der Waals surface area contributed by atoms with Crippen molar-refractivity contribution in [2.45, 2.75) is 71.6 Å². The van der Waals surface area contributed by atoms with Gasteiger partial charge in [0.25, 0.3) is 0 Å². The van der Waals surface area contributed by atoms with Gasteiger partial charge in [0.1, 0.15) is 5.75 Å². The van der Waals surface area contributed by atoms with Crippen LogP contribution in [0.4, 0.5) is 10.1 Å². The Hall–Kier alpha value is -3.48. The first kappa shape index (κ1) is 28.1. The smallest absolute Gasteiger partial charge is 0.227 e. The first-order chi connectivity index (χ1) is 17.7. The Morgan fingerprint density at radius 2 is 1.81 bits per heavy atom. The molecule has 1 heterocycles. The van der Waals surface area contributed by atoms with E-state index in [9.17, 15) is 9.18 Å². The van der Waals surface area contributed by atoms with Crippen molar-refractivity contribution < 1.29 is 18.4 Å². The monoisotopic (exact) mass is 507 g/mol. The molecule has 0 fully saturated rings. The van der Waals surface area contributed by atoms with Gasteiger partial charge >= 0.3 is 0 Å². The highest BCUT2D eigenvalue weighted by atomic mass is 19.1. The molecule has 0 atom stereocenters. The number of benzene rings is 2. The zero-order valence-corrected chi connectivity index (χ0v) is 22.4. The number of ether oxygens (including phenoxy) is 1. The first-order valence-electron chi connectivity index (χ1n) is 13.0. The number of halogens is 1. The van der Waals surface area contributed by atoms with Crippen LogP contribution in [0.5, 0.6) is 5.75 Å². The van der Waals surface area contributed by atoms with Crippen LogP contribution in [-0.2, 0) is 16.6 Å².